The molecule has 0 saturated heterocycles. The summed E-state index contributed by atoms with van der Waals surface area (Å²) in [4.78, 5) is 12.2. The van der Waals surface area contributed by atoms with E-state index in [2.05, 4.69) is 5.32 Å². The number of para-hydroxylation sites is 1. The molecule has 0 aliphatic carbocycles. The van der Waals surface area contributed by atoms with Gasteiger partial charge in [-0.05, 0) is 36.8 Å². The molecule has 0 aliphatic rings. The minimum absolute atomic E-state index is 0.0917. The Labute approximate surface area is 154 Å². The van der Waals surface area contributed by atoms with E-state index in [1.807, 2.05) is 13.0 Å². The molecule has 1 atom stereocenters. The van der Waals surface area contributed by atoms with E-state index in [1.165, 1.54) is 10.6 Å². The Kier molecular flexibility index (Phi) is 6.76. The summed E-state index contributed by atoms with van der Waals surface area (Å²) in [6, 6.07) is 15.7. The highest BCUT2D eigenvalue weighted by Gasteiger charge is 2.18. The van der Waals surface area contributed by atoms with Gasteiger partial charge in [0.1, 0.15) is 0 Å². The maximum absolute atomic E-state index is 12.2. The van der Waals surface area contributed by atoms with Crippen molar-refractivity contribution in [3.8, 4) is 0 Å². The topological polar surface area (TPSA) is 75.7 Å². The summed E-state index contributed by atoms with van der Waals surface area (Å²) in [6.07, 6.45) is 1.18. The van der Waals surface area contributed by atoms with E-state index in [0.717, 1.165) is 5.56 Å². The molecule has 0 unspecified atom stereocenters. The van der Waals surface area contributed by atoms with Crippen LogP contribution in [0.4, 0.5) is 5.69 Å². The molecular formula is C19H24N2O4S. The first-order chi connectivity index (χ1) is 12.3. The van der Waals surface area contributed by atoms with Crippen molar-refractivity contribution >= 4 is 21.6 Å². The zero-order valence-corrected chi connectivity index (χ0v) is 16.0. The van der Waals surface area contributed by atoms with Gasteiger partial charge in [0, 0.05) is 18.7 Å². The number of rotatable bonds is 8. The van der Waals surface area contributed by atoms with Crippen molar-refractivity contribution in [2.24, 2.45) is 0 Å². The molecular weight excluding hydrogens is 352 g/mol. The fourth-order valence-electron chi connectivity index (χ4n) is 2.52. The lowest BCUT2D eigenvalue weighted by atomic mass is 10.1. The molecule has 0 spiro atoms. The van der Waals surface area contributed by atoms with Crippen LogP contribution in [0.15, 0.2) is 54.6 Å². The number of carbonyl (C=O) groups is 1. The van der Waals surface area contributed by atoms with E-state index in [9.17, 15) is 13.2 Å². The van der Waals surface area contributed by atoms with Crippen molar-refractivity contribution < 1.29 is 17.9 Å². The second-order valence-corrected chi connectivity index (χ2v) is 8.04. The van der Waals surface area contributed by atoms with Gasteiger partial charge in [0.05, 0.1) is 25.1 Å². The number of carbonyl (C=O) groups excluding carboxylic acids is 1. The van der Waals surface area contributed by atoms with Crippen LogP contribution in [-0.2, 0) is 21.3 Å². The van der Waals surface area contributed by atoms with Gasteiger partial charge in [-0.2, -0.15) is 0 Å². The van der Waals surface area contributed by atoms with Crippen LogP contribution >= 0.6 is 0 Å². The number of sulfonamides is 1. The summed E-state index contributed by atoms with van der Waals surface area (Å²) < 4.78 is 30.6. The molecule has 0 aromatic heterocycles. The molecule has 0 aliphatic heterocycles. The van der Waals surface area contributed by atoms with Gasteiger partial charge >= 0.3 is 0 Å². The molecule has 6 nitrogen and oxygen atoms in total. The predicted octanol–water partition coefficient (Wildman–Crippen LogP) is 2.42. The summed E-state index contributed by atoms with van der Waals surface area (Å²) in [6.45, 7) is 2.49. The summed E-state index contributed by atoms with van der Waals surface area (Å²) in [7, 11) is -1.84. The standard InChI is InChI=1S/C19H24N2O4S/c1-15(14-25-2)20-19(22)17-11-9-16(10-12-17)13-21(26(3,23)24)18-7-5-4-6-8-18/h4-12,15H,13-14H2,1-3H3,(H,20,22)/t15-/m1/s1. The summed E-state index contributed by atoms with van der Waals surface area (Å²) in [5, 5.41) is 2.84. The monoisotopic (exact) mass is 376 g/mol. The molecule has 1 amide bonds. The molecule has 0 saturated carbocycles. The third-order valence-corrected chi connectivity index (χ3v) is 4.92. The Morgan fingerprint density at radius 2 is 1.73 bits per heavy atom. The van der Waals surface area contributed by atoms with Crippen LogP contribution in [0.3, 0.4) is 0 Å². The van der Waals surface area contributed by atoms with E-state index in [-0.39, 0.29) is 18.5 Å². The highest BCUT2D eigenvalue weighted by Crippen LogP contribution is 2.20. The van der Waals surface area contributed by atoms with Gasteiger partial charge in [-0.25, -0.2) is 8.42 Å². The van der Waals surface area contributed by atoms with Crippen LogP contribution < -0.4 is 9.62 Å². The number of hydrogen-bond acceptors (Lipinski definition) is 4. The molecule has 0 bridgehead atoms. The number of methoxy groups -OCH3 is 1. The molecule has 7 heteroatoms. The van der Waals surface area contributed by atoms with Gasteiger partial charge in [-0.15, -0.1) is 0 Å². The maximum Gasteiger partial charge on any atom is 0.251 e. The van der Waals surface area contributed by atoms with Crippen LogP contribution in [0.5, 0.6) is 0 Å². The van der Waals surface area contributed by atoms with Gasteiger partial charge in [-0.1, -0.05) is 30.3 Å². The minimum atomic E-state index is -3.42. The molecule has 0 heterocycles. The lowest BCUT2D eigenvalue weighted by molar-refractivity contribution is 0.0905. The maximum atomic E-state index is 12.2. The Hall–Kier alpha value is -2.38. The molecule has 26 heavy (non-hydrogen) atoms. The normalized spacial score (nSPS) is 12.4. The molecule has 1 N–H and O–H groups in total. The van der Waals surface area contributed by atoms with Crippen molar-refractivity contribution in [3.05, 3.63) is 65.7 Å². The van der Waals surface area contributed by atoms with Crippen LogP contribution in [-0.4, -0.2) is 40.3 Å². The quantitative estimate of drug-likeness (QED) is 0.768. The first-order valence-electron chi connectivity index (χ1n) is 8.22. The Balaban J connectivity index is 2.13. The first kappa shape index (κ1) is 19.9. The molecule has 140 valence electrons. The Morgan fingerprint density at radius 1 is 1.12 bits per heavy atom. The third-order valence-electron chi connectivity index (χ3n) is 3.78. The number of hydrogen-bond donors (Lipinski definition) is 1. The largest absolute Gasteiger partial charge is 0.383 e. The van der Waals surface area contributed by atoms with Crippen LogP contribution in [0, 0.1) is 0 Å². The number of amides is 1. The van der Waals surface area contributed by atoms with E-state index < -0.39 is 10.0 Å². The fourth-order valence-corrected chi connectivity index (χ4v) is 3.41. The number of benzene rings is 2. The molecule has 2 rings (SSSR count). The zero-order chi connectivity index (χ0) is 19.2. The summed E-state index contributed by atoms with van der Waals surface area (Å²) in [5.41, 5.74) is 1.91. The third kappa shape index (κ3) is 5.57. The minimum Gasteiger partial charge on any atom is -0.383 e. The van der Waals surface area contributed by atoms with Crippen molar-refractivity contribution in [2.75, 3.05) is 24.3 Å². The van der Waals surface area contributed by atoms with Crippen molar-refractivity contribution in [1.82, 2.24) is 5.32 Å². The second kappa shape index (κ2) is 8.82. The lowest BCUT2D eigenvalue weighted by Crippen LogP contribution is -2.35. The first-order valence-corrected chi connectivity index (χ1v) is 10.1. The van der Waals surface area contributed by atoms with Crippen molar-refractivity contribution in [1.29, 1.82) is 0 Å². The Bertz CT molecular complexity index is 820. The number of anilines is 1. The van der Waals surface area contributed by atoms with Gasteiger partial charge in [0.25, 0.3) is 5.91 Å². The summed E-state index contributed by atoms with van der Waals surface area (Å²) >= 11 is 0. The van der Waals surface area contributed by atoms with Crippen LogP contribution in [0.1, 0.15) is 22.8 Å². The predicted molar refractivity (Wildman–Crippen MR) is 103 cm³/mol. The zero-order valence-electron chi connectivity index (χ0n) is 15.2. The summed E-state index contributed by atoms with van der Waals surface area (Å²) in [5.74, 6) is -0.191. The molecule has 0 radical (unpaired) electrons. The number of nitrogens with one attached hydrogen (secondary N) is 1. The van der Waals surface area contributed by atoms with Crippen molar-refractivity contribution in [2.45, 2.75) is 19.5 Å². The van der Waals surface area contributed by atoms with E-state index >= 15 is 0 Å². The molecule has 0 fully saturated rings. The van der Waals surface area contributed by atoms with Gasteiger partial charge in [0.2, 0.25) is 10.0 Å². The highest BCUT2D eigenvalue weighted by atomic mass is 32.2. The molecule has 2 aromatic carbocycles. The highest BCUT2D eigenvalue weighted by molar-refractivity contribution is 7.92. The van der Waals surface area contributed by atoms with Gasteiger partial charge in [0.15, 0.2) is 0 Å². The van der Waals surface area contributed by atoms with E-state index in [4.69, 9.17) is 4.74 Å². The number of nitrogens with zero attached hydrogens (tertiary/aromatic N) is 1. The van der Waals surface area contributed by atoms with E-state index in [0.29, 0.717) is 17.9 Å². The average Bonchev–Trinajstić information content (AvgIpc) is 2.60. The average molecular weight is 376 g/mol. The van der Waals surface area contributed by atoms with Gasteiger partial charge < -0.3 is 10.1 Å². The van der Waals surface area contributed by atoms with Crippen molar-refractivity contribution in [3.63, 3.8) is 0 Å². The van der Waals surface area contributed by atoms with E-state index in [1.54, 1.807) is 55.6 Å². The SMILES string of the molecule is COC[C@@H](C)NC(=O)c1ccc(CN(c2ccccc2)S(C)(=O)=O)cc1. The molecule has 2 aromatic rings. The Morgan fingerprint density at radius 3 is 2.27 bits per heavy atom. The number of ether oxygens (including phenoxy) is 1. The van der Waals surface area contributed by atoms with Crippen LogP contribution in [0.2, 0.25) is 0 Å². The lowest BCUT2D eigenvalue weighted by Gasteiger charge is -2.22. The smallest absolute Gasteiger partial charge is 0.251 e. The fraction of sp³-hybridized carbons (Fsp3) is 0.316. The van der Waals surface area contributed by atoms with Crippen LogP contribution in [0.25, 0.3) is 0 Å². The second-order valence-electron chi connectivity index (χ2n) is 6.13. The van der Waals surface area contributed by atoms with Gasteiger partial charge in [-0.3, -0.25) is 9.10 Å².